The molecule has 5 nitrogen and oxygen atoms in total. The number of rotatable bonds is 5. The van der Waals surface area contributed by atoms with E-state index in [-0.39, 0.29) is 0 Å². The van der Waals surface area contributed by atoms with Crippen LogP contribution in [0.5, 0.6) is 0 Å². The number of aliphatic imine (C=N–C) groups is 1. The van der Waals surface area contributed by atoms with Gasteiger partial charge in [-0.25, -0.2) is 4.98 Å². The highest BCUT2D eigenvalue weighted by Crippen LogP contribution is 2.16. The third-order valence-electron chi connectivity index (χ3n) is 4.88. The van der Waals surface area contributed by atoms with Crippen molar-refractivity contribution in [2.24, 2.45) is 4.99 Å². The molecule has 0 unspecified atom stereocenters. The van der Waals surface area contributed by atoms with E-state index < -0.39 is 0 Å². The van der Waals surface area contributed by atoms with Crippen LogP contribution in [0.2, 0.25) is 0 Å². The summed E-state index contributed by atoms with van der Waals surface area (Å²) >= 11 is 1.73. The van der Waals surface area contributed by atoms with E-state index in [2.05, 4.69) is 63.6 Å². The molecule has 1 aromatic heterocycles. The Hall–Kier alpha value is -1.92. The first kappa shape index (κ1) is 18.9. The number of aromatic nitrogens is 1. The van der Waals surface area contributed by atoms with Gasteiger partial charge in [-0.1, -0.05) is 24.3 Å². The van der Waals surface area contributed by atoms with Gasteiger partial charge in [-0.05, 0) is 37.8 Å². The van der Waals surface area contributed by atoms with Gasteiger partial charge in [0.15, 0.2) is 5.96 Å². The van der Waals surface area contributed by atoms with Crippen molar-refractivity contribution in [3.63, 3.8) is 0 Å². The lowest BCUT2D eigenvalue weighted by atomic mass is 10.0. The number of likely N-dealkylation sites (tertiary alicyclic amines) is 1. The van der Waals surface area contributed by atoms with Gasteiger partial charge in [0.25, 0.3) is 0 Å². The maximum atomic E-state index is 4.39. The van der Waals surface area contributed by atoms with Crippen molar-refractivity contribution >= 4 is 17.3 Å². The van der Waals surface area contributed by atoms with Gasteiger partial charge in [-0.15, -0.1) is 11.3 Å². The number of benzene rings is 1. The molecule has 0 radical (unpaired) electrons. The lowest BCUT2D eigenvalue weighted by Crippen LogP contribution is -2.48. The number of nitrogens with zero attached hydrogens (tertiary/aromatic N) is 3. The molecule has 0 spiro atoms. The Morgan fingerprint density at radius 3 is 2.69 bits per heavy atom. The Morgan fingerprint density at radius 1 is 1.27 bits per heavy atom. The molecule has 1 saturated heterocycles. The zero-order chi connectivity index (χ0) is 18.4. The minimum atomic E-state index is 0.479. The number of hydrogen-bond donors (Lipinski definition) is 2. The molecule has 0 amide bonds. The van der Waals surface area contributed by atoms with Crippen molar-refractivity contribution in [3.8, 4) is 0 Å². The van der Waals surface area contributed by atoms with E-state index in [1.165, 1.54) is 16.0 Å². The Bertz CT molecular complexity index is 731. The van der Waals surface area contributed by atoms with E-state index in [1.54, 1.807) is 11.3 Å². The van der Waals surface area contributed by atoms with Crippen LogP contribution in [0.25, 0.3) is 0 Å². The minimum Gasteiger partial charge on any atom is -0.354 e. The molecule has 0 bridgehead atoms. The normalized spacial score (nSPS) is 16.7. The molecule has 2 heterocycles. The highest BCUT2D eigenvalue weighted by atomic mass is 32.1. The fourth-order valence-electron chi connectivity index (χ4n) is 3.29. The van der Waals surface area contributed by atoms with Gasteiger partial charge in [0.05, 0.1) is 6.54 Å². The third kappa shape index (κ3) is 5.29. The fraction of sp³-hybridized carbons (Fsp3) is 0.500. The first-order valence-corrected chi connectivity index (χ1v) is 10.1. The summed E-state index contributed by atoms with van der Waals surface area (Å²) in [4.78, 5) is 12.5. The second-order valence-electron chi connectivity index (χ2n) is 6.91. The highest BCUT2D eigenvalue weighted by Gasteiger charge is 2.20. The Labute approximate surface area is 160 Å². The third-order valence-corrected chi connectivity index (χ3v) is 5.80. The Balaban J connectivity index is 1.43. The molecule has 2 aromatic rings. The summed E-state index contributed by atoms with van der Waals surface area (Å²) < 4.78 is 0. The number of nitrogens with one attached hydrogen (secondary N) is 2. The number of piperidine rings is 1. The average Bonchev–Trinajstić information content (AvgIpc) is 3.07. The van der Waals surface area contributed by atoms with Crippen molar-refractivity contribution in [1.82, 2.24) is 20.5 Å². The average molecular weight is 372 g/mol. The smallest absolute Gasteiger partial charge is 0.191 e. The Kier molecular flexibility index (Phi) is 6.63. The van der Waals surface area contributed by atoms with Crippen molar-refractivity contribution in [2.75, 3.05) is 20.1 Å². The van der Waals surface area contributed by atoms with Crippen LogP contribution in [0.15, 0.2) is 35.5 Å². The number of guanidine groups is 1. The largest absolute Gasteiger partial charge is 0.354 e. The van der Waals surface area contributed by atoms with Crippen LogP contribution < -0.4 is 10.6 Å². The van der Waals surface area contributed by atoms with Gasteiger partial charge < -0.3 is 10.6 Å². The molecule has 1 aromatic carbocycles. The first-order chi connectivity index (χ1) is 12.6. The molecule has 1 aliphatic heterocycles. The minimum absolute atomic E-state index is 0.479. The first-order valence-electron chi connectivity index (χ1n) is 9.29. The Morgan fingerprint density at radius 2 is 2.04 bits per heavy atom. The molecule has 140 valence electrons. The molecule has 0 atom stereocenters. The summed E-state index contributed by atoms with van der Waals surface area (Å²) in [5, 5.41) is 8.04. The summed E-state index contributed by atoms with van der Waals surface area (Å²) in [6.45, 7) is 8.30. The topological polar surface area (TPSA) is 52.6 Å². The monoisotopic (exact) mass is 371 g/mol. The molecule has 6 heteroatoms. The SMILES string of the molecule is CN=C(NCc1ncc(C)s1)NC1CCN(Cc2ccccc2C)CC1. The summed E-state index contributed by atoms with van der Waals surface area (Å²) in [6.07, 6.45) is 4.20. The molecular weight excluding hydrogens is 342 g/mol. The van der Waals surface area contributed by atoms with Crippen LogP contribution in [0.1, 0.15) is 33.9 Å². The van der Waals surface area contributed by atoms with Crippen LogP contribution in [-0.2, 0) is 13.1 Å². The molecule has 26 heavy (non-hydrogen) atoms. The van der Waals surface area contributed by atoms with Crippen molar-refractivity contribution < 1.29 is 0 Å². The maximum absolute atomic E-state index is 4.39. The zero-order valence-electron chi connectivity index (χ0n) is 16.0. The van der Waals surface area contributed by atoms with Gasteiger partial charge in [0.2, 0.25) is 0 Å². The number of aryl methyl sites for hydroxylation is 2. The van der Waals surface area contributed by atoms with E-state index >= 15 is 0 Å². The van der Waals surface area contributed by atoms with E-state index in [1.807, 2.05) is 13.2 Å². The standard InChI is InChI=1S/C20H29N5S/c1-15-6-4-5-7-17(15)14-25-10-8-18(9-11-25)24-20(21-3)23-13-19-22-12-16(2)26-19/h4-7,12,18H,8-11,13-14H2,1-3H3,(H2,21,23,24). The molecule has 2 N–H and O–H groups in total. The molecule has 0 aliphatic carbocycles. The zero-order valence-corrected chi connectivity index (χ0v) is 16.8. The highest BCUT2D eigenvalue weighted by molar-refractivity contribution is 7.11. The van der Waals surface area contributed by atoms with E-state index in [0.29, 0.717) is 6.04 Å². The summed E-state index contributed by atoms with van der Waals surface area (Å²) in [7, 11) is 1.83. The predicted octanol–water partition coefficient (Wildman–Crippen LogP) is 3.09. The van der Waals surface area contributed by atoms with E-state index in [0.717, 1.165) is 50.0 Å². The van der Waals surface area contributed by atoms with Crippen molar-refractivity contribution in [2.45, 2.75) is 45.8 Å². The number of hydrogen-bond acceptors (Lipinski definition) is 4. The van der Waals surface area contributed by atoms with E-state index in [9.17, 15) is 0 Å². The summed E-state index contributed by atoms with van der Waals surface area (Å²) in [5.74, 6) is 0.871. The van der Waals surface area contributed by atoms with Crippen LogP contribution in [0, 0.1) is 13.8 Å². The second kappa shape index (κ2) is 9.14. The lowest BCUT2D eigenvalue weighted by Gasteiger charge is -2.33. The van der Waals surface area contributed by atoms with Crippen LogP contribution in [-0.4, -0.2) is 42.0 Å². The van der Waals surface area contributed by atoms with Gasteiger partial charge >= 0.3 is 0 Å². The van der Waals surface area contributed by atoms with Gasteiger partial charge in [-0.3, -0.25) is 9.89 Å². The number of thiazole rings is 1. The van der Waals surface area contributed by atoms with Crippen LogP contribution >= 0.6 is 11.3 Å². The van der Waals surface area contributed by atoms with Crippen molar-refractivity contribution in [1.29, 1.82) is 0 Å². The van der Waals surface area contributed by atoms with Gasteiger partial charge in [0.1, 0.15) is 5.01 Å². The quantitative estimate of drug-likeness (QED) is 0.626. The lowest BCUT2D eigenvalue weighted by molar-refractivity contribution is 0.198. The maximum Gasteiger partial charge on any atom is 0.191 e. The summed E-state index contributed by atoms with van der Waals surface area (Å²) in [5.41, 5.74) is 2.82. The van der Waals surface area contributed by atoms with Crippen LogP contribution in [0.3, 0.4) is 0 Å². The molecule has 3 rings (SSSR count). The molecule has 1 fully saturated rings. The predicted molar refractivity (Wildman–Crippen MR) is 110 cm³/mol. The fourth-order valence-corrected chi connectivity index (χ4v) is 4.02. The van der Waals surface area contributed by atoms with Gasteiger partial charge in [0, 0.05) is 43.8 Å². The molecular formula is C20H29N5S. The van der Waals surface area contributed by atoms with Crippen molar-refractivity contribution in [3.05, 3.63) is 51.5 Å². The molecule has 0 saturated carbocycles. The second-order valence-corrected chi connectivity index (χ2v) is 8.23. The van der Waals surface area contributed by atoms with Crippen LogP contribution in [0.4, 0.5) is 0 Å². The van der Waals surface area contributed by atoms with Gasteiger partial charge in [-0.2, -0.15) is 0 Å². The summed E-state index contributed by atoms with van der Waals surface area (Å²) in [6, 6.07) is 9.17. The molecule has 1 aliphatic rings. The van der Waals surface area contributed by atoms with E-state index in [4.69, 9.17) is 0 Å².